The number of benzene rings is 4. The van der Waals surface area contributed by atoms with Gasteiger partial charge in [0, 0.05) is 34.9 Å². The summed E-state index contributed by atoms with van der Waals surface area (Å²) in [4.78, 5) is 21.2. The highest BCUT2D eigenvalue weighted by molar-refractivity contribution is 5.89. The molecule has 6 rings (SSSR count). The molecule has 0 fully saturated rings. The van der Waals surface area contributed by atoms with Crippen molar-refractivity contribution in [3.05, 3.63) is 150 Å². The number of halogens is 3. The number of fused-ring (bicyclic) bond motifs is 1. The van der Waals surface area contributed by atoms with Crippen molar-refractivity contribution in [2.24, 2.45) is 0 Å². The van der Waals surface area contributed by atoms with Gasteiger partial charge in [0.15, 0.2) is 0 Å². The Morgan fingerprint density at radius 1 is 0.762 bits per heavy atom. The molecule has 0 saturated carbocycles. The van der Waals surface area contributed by atoms with E-state index in [0.29, 0.717) is 22.2 Å². The Balaban J connectivity index is 1.40. The number of nitrogens with zero attached hydrogens (tertiary/aromatic N) is 1. The van der Waals surface area contributed by atoms with Crippen molar-refractivity contribution in [2.45, 2.75) is 18.9 Å². The molecule has 0 aliphatic rings. The minimum absolute atomic E-state index is 0.0275. The van der Waals surface area contributed by atoms with Crippen molar-refractivity contribution in [3.63, 3.8) is 0 Å². The molecule has 2 aromatic heterocycles. The average Bonchev–Trinajstić information content (AvgIpc) is 3.38. The third kappa shape index (κ3) is 5.81. The smallest absolute Gasteiger partial charge is 0.225 e. The number of hydrogen-bond donors (Lipinski definition) is 2. The summed E-state index contributed by atoms with van der Waals surface area (Å²) >= 11 is 0. The van der Waals surface area contributed by atoms with Gasteiger partial charge in [0.2, 0.25) is 5.91 Å². The molecule has 208 valence electrons. The van der Waals surface area contributed by atoms with Crippen molar-refractivity contribution in [2.75, 3.05) is 0 Å². The molecule has 0 bridgehead atoms. The number of pyridine rings is 1. The molecule has 0 aliphatic carbocycles. The Bertz CT molecular complexity index is 1860. The van der Waals surface area contributed by atoms with Gasteiger partial charge in [0.05, 0.1) is 18.2 Å². The van der Waals surface area contributed by atoms with E-state index in [1.54, 1.807) is 18.5 Å². The summed E-state index contributed by atoms with van der Waals surface area (Å²) < 4.78 is 42.3. The normalized spacial score (nSPS) is 11.9. The largest absolute Gasteiger partial charge is 0.361 e. The molecule has 0 spiro atoms. The molecule has 1 amide bonds. The lowest BCUT2D eigenvalue weighted by atomic mass is 9.90. The number of H-pyrrole nitrogens is 1. The summed E-state index contributed by atoms with van der Waals surface area (Å²) in [6, 6.07) is 28.6. The zero-order valence-electron chi connectivity index (χ0n) is 22.5. The van der Waals surface area contributed by atoms with E-state index in [-0.39, 0.29) is 18.7 Å². The summed E-state index contributed by atoms with van der Waals surface area (Å²) in [6.45, 7) is 0. The van der Waals surface area contributed by atoms with Crippen molar-refractivity contribution in [1.82, 2.24) is 15.3 Å². The van der Waals surface area contributed by atoms with Gasteiger partial charge in [-0.3, -0.25) is 9.78 Å². The van der Waals surface area contributed by atoms with Crippen LogP contribution in [-0.4, -0.2) is 15.9 Å². The number of nitrogens with one attached hydrogen (secondary N) is 2. The molecule has 0 saturated heterocycles. The standard InChI is InChI=1S/C35H26F3N3O/c36-25-12-13-32-31(20-25)24(21-40-32)18-34(42)41-33(17-22-15-26(37)19-27(38)16-22)35-30(11-6-14-39-35)29-10-5-4-9-28(29)23-7-2-1-3-8-23/h1-16,19-21,33,40H,17-18H2,(H,41,42)/t33-/m0/s1. The maximum atomic E-state index is 14.2. The Kier molecular flexibility index (Phi) is 7.56. The quantitative estimate of drug-likeness (QED) is 0.198. The van der Waals surface area contributed by atoms with Gasteiger partial charge in [-0.15, -0.1) is 0 Å². The molecule has 2 heterocycles. The predicted molar refractivity (Wildman–Crippen MR) is 158 cm³/mol. The molecular formula is C35H26F3N3O. The average molecular weight is 562 g/mol. The van der Waals surface area contributed by atoms with Crippen molar-refractivity contribution in [3.8, 4) is 22.3 Å². The van der Waals surface area contributed by atoms with Crippen LogP contribution < -0.4 is 5.32 Å². The summed E-state index contributed by atoms with van der Waals surface area (Å²) in [5, 5.41) is 3.67. The van der Waals surface area contributed by atoms with Gasteiger partial charge in [-0.1, -0.05) is 60.7 Å². The molecule has 0 aliphatic heterocycles. The summed E-state index contributed by atoms with van der Waals surface area (Å²) in [5.41, 5.74) is 5.97. The minimum Gasteiger partial charge on any atom is -0.361 e. The first-order chi connectivity index (χ1) is 20.4. The predicted octanol–water partition coefficient (Wildman–Crippen LogP) is 7.96. The van der Waals surface area contributed by atoms with E-state index >= 15 is 0 Å². The molecule has 42 heavy (non-hydrogen) atoms. The highest BCUT2D eigenvalue weighted by atomic mass is 19.1. The summed E-state index contributed by atoms with van der Waals surface area (Å²) in [5.74, 6) is -2.14. The van der Waals surface area contributed by atoms with Gasteiger partial charge in [0.1, 0.15) is 17.5 Å². The second kappa shape index (κ2) is 11.7. The molecule has 6 aromatic rings. The lowest BCUT2D eigenvalue weighted by Gasteiger charge is -2.22. The second-order valence-electron chi connectivity index (χ2n) is 10.1. The van der Waals surface area contributed by atoms with Crippen LogP contribution in [0.2, 0.25) is 0 Å². The van der Waals surface area contributed by atoms with Crippen LogP contribution in [0.5, 0.6) is 0 Å². The molecule has 1 atom stereocenters. The van der Waals surface area contributed by atoms with Gasteiger partial charge in [-0.05, 0) is 70.6 Å². The van der Waals surface area contributed by atoms with Crippen molar-refractivity contribution >= 4 is 16.8 Å². The first-order valence-electron chi connectivity index (χ1n) is 13.5. The van der Waals surface area contributed by atoms with Crippen LogP contribution in [0.25, 0.3) is 33.2 Å². The van der Waals surface area contributed by atoms with E-state index in [4.69, 9.17) is 0 Å². The Morgan fingerprint density at radius 3 is 2.26 bits per heavy atom. The number of aromatic nitrogens is 2. The first kappa shape index (κ1) is 27.0. The zero-order valence-corrected chi connectivity index (χ0v) is 22.5. The van der Waals surface area contributed by atoms with Crippen LogP contribution in [0.1, 0.15) is 22.9 Å². The maximum absolute atomic E-state index is 14.2. The van der Waals surface area contributed by atoms with Gasteiger partial charge in [-0.2, -0.15) is 0 Å². The van der Waals surface area contributed by atoms with E-state index in [2.05, 4.69) is 15.3 Å². The first-order valence-corrected chi connectivity index (χ1v) is 13.5. The zero-order chi connectivity index (χ0) is 29.1. The van der Waals surface area contributed by atoms with Gasteiger partial charge >= 0.3 is 0 Å². The number of carbonyl (C=O) groups excluding carboxylic acids is 1. The van der Waals surface area contributed by atoms with Crippen LogP contribution in [-0.2, 0) is 17.6 Å². The van der Waals surface area contributed by atoms with Gasteiger partial charge in [0.25, 0.3) is 0 Å². The van der Waals surface area contributed by atoms with Crippen LogP contribution >= 0.6 is 0 Å². The molecular weight excluding hydrogens is 535 g/mol. The topological polar surface area (TPSA) is 57.8 Å². The minimum atomic E-state index is -0.722. The maximum Gasteiger partial charge on any atom is 0.225 e. The lowest BCUT2D eigenvalue weighted by molar-refractivity contribution is -0.121. The van der Waals surface area contributed by atoms with E-state index in [1.807, 2.05) is 66.7 Å². The van der Waals surface area contributed by atoms with Crippen LogP contribution in [0.15, 0.2) is 116 Å². The van der Waals surface area contributed by atoms with Crippen molar-refractivity contribution < 1.29 is 18.0 Å². The lowest BCUT2D eigenvalue weighted by Crippen LogP contribution is -2.32. The number of carbonyl (C=O) groups is 1. The highest BCUT2D eigenvalue weighted by Crippen LogP contribution is 2.36. The van der Waals surface area contributed by atoms with Gasteiger partial charge < -0.3 is 10.3 Å². The summed E-state index contributed by atoms with van der Waals surface area (Å²) in [7, 11) is 0. The van der Waals surface area contributed by atoms with E-state index in [0.717, 1.165) is 33.8 Å². The van der Waals surface area contributed by atoms with Crippen molar-refractivity contribution in [1.29, 1.82) is 0 Å². The molecule has 4 aromatic carbocycles. The summed E-state index contributed by atoms with van der Waals surface area (Å²) in [6.07, 6.45) is 3.39. The van der Waals surface area contributed by atoms with Crippen LogP contribution in [0, 0.1) is 17.5 Å². The monoisotopic (exact) mass is 561 g/mol. The third-order valence-electron chi connectivity index (χ3n) is 7.25. The number of rotatable bonds is 8. The SMILES string of the molecule is O=C(Cc1c[nH]c2ccc(F)cc12)N[C@@H](Cc1cc(F)cc(F)c1)c1ncccc1-c1ccccc1-c1ccccc1. The Hall–Kier alpha value is -5.17. The van der Waals surface area contributed by atoms with Crippen LogP contribution in [0.4, 0.5) is 13.2 Å². The fourth-order valence-electron chi connectivity index (χ4n) is 5.41. The fraction of sp³-hybridized carbons (Fsp3) is 0.0857. The third-order valence-corrected chi connectivity index (χ3v) is 7.25. The van der Waals surface area contributed by atoms with E-state index < -0.39 is 23.5 Å². The van der Waals surface area contributed by atoms with Gasteiger partial charge in [-0.25, -0.2) is 13.2 Å². The molecule has 7 heteroatoms. The molecule has 4 nitrogen and oxygen atoms in total. The molecule has 2 N–H and O–H groups in total. The Morgan fingerprint density at radius 2 is 1.48 bits per heavy atom. The van der Waals surface area contributed by atoms with E-state index in [1.165, 1.54) is 24.3 Å². The number of hydrogen-bond acceptors (Lipinski definition) is 2. The molecule has 0 radical (unpaired) electrons. The number of amides is 1. The second-order valence-corrected chi connectivity index (χ2v) is 10.1. The Labute approximate surface area is 240 Å². The highest BCUT2D eigenvalue weighted by Gasteiger charge is 2.23. The molecule has 0 unspecified atom stereocenters. The fourth-order valence-corrected chi connectivity index (χ4v) is 5.41. The van der Waals surface area contributed by atoms with E-state index in [9.17, 15) is 18.0 Å². The number of aromatic amines is 1. The van der Waals surface area contributed by atoms with Crippen LogP contribution in [0.3, 0.4) is 0 Å².